The number of alkyl halides is 3. The van der Waals surface area contributed by atoms with Crippen molar-refractivity contribution in [1.82, 2.24) is 5.32 Å². The van der Waals surface area contributed by atoms with Crippen molar-refractivity contribution in [3.8, 4) is 23.0 Å². The van der Waals surface area contributed by atoms with Gasteiger partial charge in [0.05, 0.1) is 11.1 Å². The Kier molecular flexibility index (Phi) is 6.78. The summed E-state index contributed by atoms with van der Waals surface area (Å²) >= 11 is 0. The molecule has 0 unspecified atom stereocenters. The quantitative estimate of drug-likeness (QED) is 0.365. The van der Waals surface area contributed by atoms with Crippen LogP contribution >= 0.6 is 0 Å². The second kappa shape index (κ2) is 9.94. The van der Waals surface area contributed by atoms with E-state index in [-0.39, 0.29) is 31.1 Å². The second-order valence-corrected chi connectivity index (χ2v) is 7.87. The van der Waals surface area contributed by atoms with Gasteiger partial charge >= 0.3 is 18.2 Å². The number of carboxylic acids is 1. The van der Waals surface area contributed by atoms with Crippen molar-refractivity contribution in [3.05, 3.63) is 94.5 Å². The first-order valence-electron chi connectivity index (χ1n) is 10.8. The number of halogens is 3. The molecule has 0 aromatic heterocycles. The van der Waals surface area contributed by atoms with E-state index < -0.39 is 29.4 Å². The highest BCUT2D eigenvalue weighted by Gasteiger charge is 2.35. The third-order valence-corrected chi connectivity index (χ3v) is 5.65. The number of nitrogens with one attached hydrogen (secondary N) is 1. The maximum atomic E-state index is 13.1. The molecule has 0 bridgehead atoms. The summed E-state index contributed by atoms with van der Waals surface area (Å²) in [6.07, 6.45) is -5.25. The fraction of sp³-hybridized carbons (Fsp3) is 0.185. The van der Waals surface area contributed by atoms with Gasteiger partial charge < -0.3 is 15.2 Å². The number of amides is 1. The van der Waals surface area contributed by atoms with Gasteiger partial charge in [-0.3, -0.25) is 0 Å². The molecule has 0 heterocycles. The lowest BCUT2D eigenvalue weighted by Crippen LogP contribution is -2.26. The number of benzene rings is 3. The van der Waals surface area contributed by atoms with Crippen LogP contribution in [-0.2, 0) is 10.9 Å². The molecule has 2 N–H and O–H groups in total. The molecule has 0 spiro atoms. The van der Waals surface area contributed by atoms with Crippen LogP contribution < -0.4 is 5.32 Å². The highest BCUT2D eigenvalue weighted by molar-refractivity contribution is 5.90. The van der Waals surface area contributed by atoms with Crippen LogP contribution in [0.5, 0.6) is 0 Å². The summed E-state index contributed by atoms with van der Waals surface area (Å²) in [6.45, 7) is 0.310. The van der Waals surface area contributed by atoms with Gasteiger partial charge in [0.15, 0.2) is 0 Å². The highest BCUT2D eigenvalue weighted by Crippen LogP contribution is 2.44. The fourth-order valence-electron chi connectivity index (χ4n) is 4.08. The summed E-state index contributed by atoms with van der Waals surface area (Å²) in [6, 6.07) is 18.7. The van der Waals surface area contributed by atoms with E-state index in [0.29, 0.717) is 6.07 Å². The molecular weight excluding hydrogens is 459 g/mol. The van der Waals surface area contributed by atoms with E-state index >= 15 is 0 Å². The highest BCUT2D eigenvalue weighted by atomic mass is 19.4. The summed E-state index contributed by atoms with van der Waals surface area (Å²) in [5.41, 5.74) is 2.38. The molecule has 3 aromatic carbocycles. The molecule has 4 rings (SSSR count). The van der Waals surface area contributed by atoms with E-state index in [0.717, 1.165) is 28.3 Å². The summed E-state index contributed by atoms with van der Waals surface area (Å²) in [7, 11) is 0. The lowest BCUT2D eigenvalue weighted by atomic mass is 9.98. The monoisotopic (exact) mass is 479 g/mol. The maximum absolute atomic E-state index is 13.1. The molecule has 0 saturated carbocycles. The summed E-state index contributed by atoms with van der Waals surface area (Å²) in [5, 5.41) is 11.5. The van der Waals surface area contributed by atoms with Crippen LogP contribution in [0.4, 0.5) is 18.0 Å². The Balaban J connectivity index is 1.31. The Morgan fingerprint density at radius 1 is 0.971 bits per heavy atom. The average molecular weight is 479 g/mol. The van der Waals surface area contributed by atoms with Crippen molar-refractivity contribution in [2.75, 3.05) is 13.2 Å². The molecule has 0 radical (unpaired) electrons. The zero-order chi connectivity index (χ0) is 25.0. The van der Waals surface area contributed by atoms with Gasteiger partial charge in [-0.2, -0.15) is 13.2 Å². The Bertz CT molecular complexity index is 1290. The van der Waals surface area contributed by atoms with Crippen molar-refractivity contribution in [2.45, 2.75) is 18.5 Å². The van der Waals surface area contributed by atoms with Crippen molar-refractivity contribution < 1.29 is 32.6 Å². The minimum Gasteiger partial charge on any atom is -0.478 e. The number of carbonyl (C=O) groups excluding carboxylic acids is 1. The van der Waals surface area contributed by atoms with E-state index in [1.807, 2.05) is 48.5 Å². The van der Waals surface area contributed by atoms with Gasteiger partial charge in [0.1, 0.15) is 6.61 Å². The summed E-state index contributed by atoms with van der Waals surface area (Å²) < 4.78 is 44.7. The third kappa shape index (κ3) is 5.30. The fourth-order valence-corrected chi connectivity index (χ4v) is 4.08. The molecule has 0 saturated heterocycles. The number of ether oxygens (including phenoxy) is 1. The number of alkyl carbamates (subject to hydrolysis) is 1. The molecule has 5 nitrogen and oxygen atoms in total. The van der Waals surface area contributed by atoms with Gasteiger partial charge in [-0.05, 0) is 40.5 Å². The van der Waals surface area contributed by atoms with E-state index in [2.05, 4.69) is 17.2 Å². The van der Waals surface area contributed by atoms with Crippen LogP contribution in [0, 0.1) is 11.8 Å². The van der Waals surface area contributed by atoms with E-state index in [1.54, 1.807) is 0 Å². The predicted octanol–water partition coefficient (Wildman–Crippen LogP) is 5.68. The molecule has 1 aliphatic rings. The molecule has 0 aliphatic heterocycles. The zero-order valence-electron chi connectivity index (χ0n) is 18.4. The first-order chi connectivity index (χ1) is 16.8. The topological polar surface area (TPSA) is 75.6 Å². The molecule has 1 aliphatic carbocycles. The van der Waals surface area contributed by atoms with Crippen LogP contribution in [0.15, 0.2) is 66.7 Å². The van der Waals surface area contributed by atoms with Crippen LogP contribution in [0.2, 0.25) is 0 Å². The second-order valence-electron chi connectivity index (χ2n) is 7.87. The van der Waals surface area contributed by atoms with Crippen LogP contribution in [0.3, 0.4) is 0 Å². The Hall–Kier alpha value is -4.25. The number of hydrogen-bond acceptors (Lipinski definition) is 3. The zero-order valence-corrected chi connectivity index (χ0v) is 18.4. The number of fused-ring (bicyclic) bond motifs is 3. The van der Waals surface area contributed by atoms with Crippen LogP contribution in [0.25, 0.3) is 11.1 Å². The van der Waals surface area contributed by atoms with Gasteiger partial charge in [0.2, 0.25) is 0 Å². The summed E-state index contributed by atoms with van der Waals surface area (Å²) in [5.74, 6) is 3.51. The molecule has 0 fully saturated rings. The van der Waals surface area contributed by atoms with Gasteiger partial charge in [-0.25, -0.2) is 9.59 Å². The number of rotatable bonds is 5. The maximum Gasteiger partial charge on any atom is 0.417 e. The van der Waals surface area contributed by atoms with Crippen molar-refractivity contribution >= 4 is 12.1 Å². The van der Waals surface area contributed by atoms with Gasteiger partial charge in [0.25, 0.3) is 0 Å². The van der Waals surface area contributed by atoms with E-state index in [4.69, 9.17) is 9.84 Å². The molecule has 35 heavy (non-hydrogen) atoms. The van der Waals surface area contributed by atoms with Crippen LogP contribution in [-0.4, -0.2) is 30.3 Å². The SMILES string of the molecule is O=C(NCCC#Cc1ccc(C(=O)O)c(C(F)(F)F)c1)OCC1c2ccccc2-c2ccccc21. The van der Waals surface area contributed by atoms with Crippen molar-refractivity contribution in [1.29, 1.82) is 0 Å². The minimum atomic E-state index is -4.81. The van der Waals surface area contributed by atoms with E-state index in [9.17, 15) is 22.8 Å². The largest absolute Gasteiger partial charge is 0.478 e. The lowest BCUT2D eigenvalue weighted by Gasteiger charge is -2.14. The Morgan fingerprint density at radius 3 is 2.20 bits per heavy atom. The number of carbonyl (C=O) groups is 2. The van der Waals surface area contributed by atoms with Crippen molar-refractivity contribution in [2.24, 2.45) is 0 Å². The van der Waals surface area contributed by atoms with Gasteiger partial charge in [0, 0.05) is 24.4 Å². The first-order valence-corrected chi connectivity index (χ1v) is 10.8. The Labute approximate surface area is 199 Å². The Morgan fingerprint density at radius 2 is 1.60 bits per heavy atom. The standard InChI is InChI=1S/C27H20F3NO4/c28-27(29,30)24-15-17(12-13-22(24)25(32)33)7-5-6-14-31-26(34)35-16-23-20-10-3-1-8-18(20)19-9-2-4-11-21(19)23/h1-4,8-13,15,23H,6,14,16H2,(H,31,34)(H,32,33). The smallest absolute Gasteiger partial charge is 0.417 e. The number of aromatic carboxylic acids is 1. The molecule has 0 atom stereocenters. The van der Waals surface area contributed by atoms with Gasteiger partial charge in [-0.1, -0.05) is 60.4 Å². The number of hydrogen-bond donors (Lipinski definition) is 2. The minimum absolute atomic E-state index is 0.0310. The van der Waals surface area contributed by atoms with E-state index in [1.165, 1.54) is 6.07 Å². The third-order valence-electron chi connectivity index (χ3n) is 5.65. The normalized spacial score (nSPS) is 12.2. The van der Waals surface area contributed by atoms with Crippen LogP contribution in [0.1, 0.15) is 45.0 Å². The number of carboxylic acid groups (broad SMARTS) is 1. The predicted molar refractivity (Wildman–Crippen MR) is 123 cm³/mol. The first kappa shape index (κ1) is 23.9. The van der Waals surface area contributed by atoms with Crippen molar-refractivity contribution in [3.63, 3.8) is 0 Å². The average Bonchev–Trinajstić information content (AvgIpc) is 3.15. The van der Waals surface area contributed by atoms with Gasteiger partial charge in [-0.15, -0.1) is 0 Å². The lowest BCUT2D eigenvalue weighted by molar-refractivity contribution is -0.138. The molecule has 3 aromatic rings. The molecular formula is C27H20F3NO4. The molecule has 1 amide bonds. The molecule has 8 heteroatoms. The summed E-state index contributed by atoms with van der Waals surface area (Å²) in [4.78, 5) is 23.2. The molecule has 178 valence electrons.